The number of nitriles is 1. The van der Waals surface area contributed by atoms with Crippen LogP contribution in [0, 0.1) is 42.4 Å². The molecule has 2 saturated carbocycles. The van der Waals surface area contributed by atoms with E-state index in [1.165, 1.54) is 30.4 Å². The Morgan fingerprint density at radius 2 is 1.96 bits per heavy atom. The van der Waals surface area contributed by atoms with E-state index in [9.17, 15) is 10.1 Å². The number of rotatable bonds is 3. The number of benzene rings is 1. The van der Waals surface area contributed by atoms with Crippen molar-refractivity contribution in [3.05, 3.63) is 34.9 Å². The molecule has 1 amide bonds. The van der Waals surface area contributed by atoms with Gasteiger partial charge in [0.05, 0.1) is 12.1 Å². The summed E-state index contributed by atoms with van der Waals surface area (Å²) < 4.78 is 0. The summed E-state index contributed by atoms with van der Waals surface area (Å²) in [5, 5.41) is 13.2. The van der Waals surface area contributed by atoms with Gasteiger partial charge in [-0.15, -0.1) is 0 Å². The Morgan fingerprint density at radius 3 is 2.68 bits per heavy atom. The fourth-order valence-corrected chi connectivity index (χ4v) is 5.22. The van der Waals surface area contributed by atoms with Crippen LogP contribution in [0.1, 0.15) is 74.6 Å². The smallest absolute Gasteiger partial charge is 0.241 e. The molecule has 3 nitrogen and oxygen atoms in total. The number of nitrogens with one attached hydrogen (secondary N) is 1. The summed E-state index contributed by atoms with van der Waals surface area (Å²) in [6, 6.07) is 8.75. The van der Waals surface area contributed by atoms with Gasteiger partial charge in [0.1, 0.15) is 5.41 Å². The first-order valence-corrected chi connectivity index (χ1v) is 9.77. The van der Waals surface area contributed by atoms with E-state index >= 15 is 0 Å². The van der Waals surface area contributed by atoms with Crippen LogP contribution in [-0.2, 0) is 4.79 Å². The fraction of sp³-hybridized carbons (Fsp3) is 0.636. The molecule has 0 spiro atoms. The molecule has 2 aliphatic rings. The predicted octanol–water partition coefficient (Wildman–Crippen LogP) is 4.98. The highest BCUT2D eigenvalue weighted by Gasteiger charge is 2.51. The van der Waals surface area contributed by atoms with Crippen molar-refractivity contribution in [2.45, 2.75) is 71.8 Å². The van der Waals surface area contributed by atoms with Crippen LogP contribution in [0.2, 0.25) is 0 Å². The first-order chi connectivity index (χ1) is 12.0. The third-order valence-corrected chi connectivity index (χ3v) is 6.53. The summed E-state index contributed by atoms with van der Waals surface area (Å²) in [6.07, 6.45) is 7.54. The van der Waals surface area contributed by atoms with E-state index in [0.717, 1.165) is 31.2 Å². The molecule has 0 bridgehead atoms. The lowest BCUT2D eigenvalue weighted by Gasteiger charge is -2.45. The van der Waals surface area contributed by atoms with Gasteiger partial charge in [-0.05, 0) is 56.6 Å². The zero-order valence-corrected chi connectivity index (χ0v) is 15.8. The van der Waals surface area contributed by atoms with Crippen molar-refractivity contribution in [1.29, 1.82) is 5.26 Å². The molecular weight excluding hydrogens is 308 g/mol. The Bertz CT molecular complexity index is 688. The van der Waals surface area contributed by atoms with Gasteiger partial charge in [0.15, 0.2) is 0 Å². The molecule has 1 aromatic rings. The second-order valence-corrected chi connectivity index (χ2v) is 8.18. The molecule has 4 atom stereocenters. The van der Waals surface area contributed by atoms with Gasteiger partial charge in [0.25, 0.3) is 0 Å². The van der Waals surface area contributed by atoms with Crippen LogP contribution < -0.4 is 5.32 Å². The monoisotopic (exact) mass is 338 g/mol. The summed E-state index contributed by atoms with van der Waals surface area (Å²) in [5.41, 5.74) is 2.74. The standard InChI is InChI=1S/C22H30N2O/c1-15-10-11-19(16(2)13-15)17(3)24-21(25)22(14-23)12-6-8-18-7-4-5-9-20(18)22/h10-11,13,17-18,20H,4-9,12H2,1-3H3,(H,24,25). The molecule has 2 fully saturated rings. The van der Waals surface area contributed by atoms with Crippen molar-refractivity contribution in [2.75, 3.05) is 0 Å². The maximum absolute atomic E-state index is 13.2. The third-order valence-electron chi connectivity index (χ3n) is 6.53. The van der Waals surface area contributed by atoms with E-state index in [1.807, 2.05) is 6.92 Å². The van der Waals surface area contributed by atoms with Gasteiger partial charge in [-0.2, -0.15) is 5.26 Å². The molecule has 0 aliphatic heterocycles. The molecule has 0 saturated heterocycles. The molecule has 4 unspecified atom stereocenters. The molecule has 0 aromatic heterocycles. The van der Waals surface area contributed by atoms with Crippen LogP contribution in [0.4, 0.5) is 0 Å². The average Bonchev–Trinajstić information content (AvgIpc) is 2.60. The van der Waals surface area contributed by atoms with Crippen LogP contribution in [0.25, 0.3) is 0 Å². The largest absolute Gasteiger partial charge is 0.348 e. The Kier molecular flexibility index (Phi) is 5.18. The van der Waals surface area contributed by atoms with Gasteiger partial charge in [-0.3, -0.25) is 4.79 Å². The van der Waals surface area contributed by atoms with Crippen molar-refractivity contribution >= 4 is 5.91 Å². The third kappa shape index (κ3) is 3.32. The molecule has 25 heavy (non-hydrogen) atoms. The molecular formula is C22H30N2O. The van der Waals surface area contributed by atoms with E-state index in [1.54, 1.807) is 0 Å². The van der Waals surface area contributed by atoms with Crippen molar-refractivity contribution in [3.8, 4) is 6.07 Å². The van der Waals surface area contributed by atoms with Crippen LogP contribution in [-0.4, -0.2) is 5.91 Å². The highest BCUT2D eigenvalue weighted by molar-refractivity contribution is 5.86. The Balaban J connectivity index is 1.81. The minimum Gasteiger partial charge on any atom is -0.348 e. The van der Waals surface area contributed by atoms with Gasteiger partial charge in [-0.25, -0.2) is 0 Å². The maximum atomic E-state index is 13.2. The van der Waals surface area contributed by atoms with Crippen LogP contribution >= 0.6 is 0 Å². The number of carbonyl (C=O) groups is 1. The SMILES string of the molecule is Cc1ccc(C(C)NC(=O)C2(C#N)CCCC3CCCCC32)c(C)c1. The summed E-state index contributed by atoms with van der Waals surface area (Å²) in [6.45, 7) is 6.20. The predicted molar refractivity (Wildman–Crippen MR) is 99.8 cm³/mol. The molecule has 134 valence electrons. The minimum absolute atomic E-state index is 0.0425. The Morgan fingerprint density at radius 1 is 1.24 bits per heavy atom. The summed E-state index contributed by atoms with van der Waals surface area (Å²) in [5.74, 6) is 0.759. The van der Waals surface area contributed by atoms with E-state index in [4.69, 9.17) is 0 Å². The van der Waals surface area contributed by atoms with Gasteiger partial charge in [0.2, 0.25) is 5.91 Å². The number of aryl methyl sites for hydroxylation is 2. The first-order valence-electron chi connectivity index (χ1n) is 9.77. The van der Waals surface area contributed by atoms with Crippen LogP contribution in [0.5, 0.6) is 0 Å². The number of hydrogen-bond acceptors (Lipinski definition) is 2. The van der Waals surface area contributed by atoms with Crippen LogP contribution in [0.3, 0.4) is 0 Å². The van der Waals surface area contributed by atoms with Crippen LogP contribution in [0.15, 0.2) is 18.2 Å². The second-order valence-electron chi connectivity index (χ2n) is 8.18. The molecule has 3 rings (SSSR count). The Hall–Kier alpha value is -1.82. The zero-order chi connectivity index (χ0) is 18.0. The highest BCUT2D eigenvalue weighted by Crippen LogP contribution is 2.51. The maximum Gasteiger partial charge on any atom is 0.241 e. The fourth-order valence-electron chi connectivity index (χ4n) is 5.22. The molecule has 3 heteroatoms. The number of fused-ring (bicyclic) bond motifs is 1. The van der Waals surface area contributed by atoms with Gasteiger partial charge >= 0.3 is 0 Å². The van der Waals surface area contributed by atoms with Gasteiger partial charge < -0.3 is 5.32 Å². The number of nitrogens with zero attached hydrogens (tertiary/aromatic N) is 1. The molecule has 1 N–H and O–H groups in total. The quantitative estimate of drug-likeness (QED) is 0.845. The van der Waals surface area contributed by atoms with Crippen molar-refractivity contribution in [3.63, 3.8) is 0 Å². The van der Waals surface area contributed by atoms with E-state index < -0.39 is 5.41 Å². The van der Waals surface area contributed by atoms with E-state index in [0.29, 0.717) is 5.92 Å². The number of amides is 1. The first kappa shape index (κ1) is 18.0. The normalized spacial score (nSPS) is 30.0. The van der Waals surface area contributed by atoms with Gasteiger partial charge in [0, 0.05) is 0 Å². The molecule has 1 aromatic carbocycles. The van der Waals surface area contributed by atoms with Crippen molar-refractivity contribution in [2.24, 2.45) is 17.3 Å². The highest BCUT2D eigenvalue weighted by atomic mass is 16.2. The number of hydrogen-bond donors (Lipinski definition) is 1. The lowest BCUT2D eigenvalue weighted by molar-refractivity contribution is -0.135. The molecule has 0 radical (unpaired) electrons. The van der Waals surface area contributed by atoms with E-state index in [-0.39, 0.29) is 17.9 Å². The van der Waals surface area contributed by atoms with Crippen molar-refractivity contribution < 1.29 is 4.79 Å². The minimum atomic E-state index is -0.823. The molecule has 2 aliphatic carbocycles. The second kappa shape index (κ2) is 7.20. The lowest BCUT2D eigenvalue weighted by atomic mass is 9.57. The van der Waals surface area contributed by atoms with E-state index in [2.05, 4.69) is 43.4 Å². The molecule has 0 heterocycles. The van der Waals surface area contributed by atoms with Gasteiger partial charge in [-0.1, -0.05) is 55.9 Å². The lowest BCUT2D eigenvalue weighted by Crippen LogP contribution is -2.50. The van der Waals surface area contributed by atoms with Crippen molar-refractivity contribution in [1.82, 2.24) is 5.32 Å². The Labute approximate surface area is 151 Å². The zero-order valence-electron chi connectivity index (χ0n) is 15.8. The summed E-state index contributed by atoms with van der Waals surface area (Å²) in [4.78, 5) is 13.2. The topological polar surface area (TPSA) is 52.9 Å². The summed E-state index contributed by atoms with van der Waals surface area (Å²) >= 11 is 0. The summed E-state index contributed by atoms with van der Waals surface area (Å²) in [7, 11) is 0. The average molecular weight is 338 g/mol. The number of carbonyl (C=O) groups excluding carboxylic acids is 1.